The number of anilines is 1. The van der Waals surface area contributed by atoms with E-state index in [0.717, 1.165) is 17.0 Å². The van der Waals surface area contributed by atoms with Gasteiger partial charge in [0.2, 0.25) is 5.91 Å². The average Bonchev–Trinajstić information content (AvgIpc) is 3.22. The second-order valence-electron chi connectivity index (χ2n) is 6.22. The van der Waals surface area contributed by atoms with Crippen molar-refractivity contribution >= 4 is 34.2 Å². The molecule has 0 aliphatic carbocycles. The van der Waals surface area contributed by atoms with Crippen molar-refractivity contribution in [2.24, 2.45) is 0 Å². The fraction of sp³-hybridized carbons (Fsp3) is 0.474. The standard InChI is InChI=1S/C19H25N3O5S/c1-6-10-27-18(24)14-12(4)15(19(25)26-7-2)28-17(14)20-16(23)13(5)22-9-8-11(3)21-22/h8-9,13H,6-7,10H2,1-5H3,(H,20,23). The molecule has 2 aromatic rings. The van der Waals surface area contributed by atoms with Gasteiger partial charge in [0, 0.05) is 6.20 Å². The van der Waals surface area contributed by atoms with E-state index in [1.807, 2.05) is 13.8 Å². The zero-order valence-corrected chi connectivity index (χ0v) is 17.5. The first kappa shape index (κ1) is 21.6. The number of rotatable bonds is 8. The van der Waals surface area contributed by atoms with Gasteiger partial charge in [-0.05, 0) is 45.7 Å². The van der Waals surface area contributed by atoms with Gasteiger partial charge in [0.15, 0.2) is 0 Å². The number of hydrogen-bond donors (Lipinski definition) is 1. The molecule has 2 rings (SSSR count). The lowest BCUT2D eigenvalue weighted by atomic mass is 10.1. The fourth-order valence-electron chi connectivity index (χ4n) is 2.49. The maximum absolute atomic E-state index is 12.7. The third-order valence-electron chi connectivity index (χ3n) is 4.00. The van der Waals surface area contributed by atoms with E-state index in [4.69, 9.17) is 9.47 Å². The number of esters is 2. The van der Waals surface area contributed by atoms with Crippen LogP contribution in [0.25, 0.3) is 0 Å². The average molecular weight is 407 g/mol. The van der Waals surface area contributed by atoms with E-state index in [1.165, 1.54) is 4.68 Å². The molecule has 28 heavy (non-hydrogen) atoms. The van der Waals surface area contributed by atoms with E-state index in [0.29, 0.717) is 12.0 Å². The molecular formula is C19H25N3O5S. The smallest absolute Gasteiger partial charge is 0.348 e. The highest BCUT2D eigenvalue weighted by Gasteiger charge is 2.28. The van der Waals surface area contributed by atoms with Crippen LogP contribution in [0.2, 0.25) is 0 Å². The molecule has 9 heteroatoms. The van der Waals surface area contributed by atoms with Crippen molar-refractivity contribution in [2.45, 2.75) is 47.1 Å². The summed E-state index contributed by atoms with van der Waals surface area (Å²) in [5, 5.41) is 7.25. The summed E-state index contributed by atoms with van der Waals surface area (Å²) in [6.45, 7) is 9.21. The highest BCUT2D eigenvalue weighted by atomic mass is 32.1. The molecule has 1 unspecified atom stereocenters. The molecule has 2 aromatic heterocycles. The molecule has 1 atom stereocenters. The number of carbonyl (C=O) groups excluding carboxylic acids is 3. The minimum absolute atomic E-state index is 0.179. The predicted octanol–water partition coefficient (Wildman–Crippen LogP) is 3.50. The highest BCUT2D eigenvalue weighted by Crippen LogP contribution is 2.34. The van der Waals surface area contributed by atoms with Gasteiger partial charge in [-0.3, -0.25) is 9.48 Å². The number of nitrogens with zero attached hydrogens (tertiary/aromatic N) is 2. The van der Waals surface area contributed by atoms with Gasteiger partial charge in [-0.25, -0.2) is 9.59 Å². The van der Waals surface area contributed by atoms with Crippen LogP contribution in [0.5, 0.6) is 0 Å². The van der Waals surface area contributed by atoms with Gasteiger partial charge in [-0.15, -0.1) is 11.3 Å². The van der Waals surface area contributed by atoms with Gasteiger partial charge in [-0.2, -0.15) is 5.10 Å². The van der Waals surface area contributed by atoms with Crippen molar-refractivity contribution in [1.82, 2.24) is 9.78 Å². The zero-order chi connectivity index (χ0) is 20.8. The molecule has 0 aromatic carbocycles. The summed E-state index contributed by atoms with van der Waals surface area (Å²) in [4.78, 5) is 37.7. The van der Waals surface area contributed by atoms with Gasteiger partial charge in [0.1, 0.15) is 15.9 Å². The van der Waals surface area contributed by atoms with Crippen molar-refractivity contribution in [3.63, 3.8) is 0 Å². The van der Waals surface area contributed by atoms with E-state index < -0.39 is 18.0 Å². The van der Waals surface area contributed by atoms with Gasteiger partial charge < -0.3 is 14.8 Å². The van der Waals surface area contributed by atoms with Crippen LogP contribution in [0.4, 0.5) is 5.00 Å². The van der Waals surface area contributed by atoms with E-state index in [9.17, 15) is 14.4 Å². The Labute approximate surface area is 167 Å². The summed E-state index contributed by atoms with van der Waals surface area (Å²) >= 11 is 1.01. The molecular weight excluding hydrogens is 382 g/mol. The minimum Gasteiger partial charge on any atom is -0.462 e. The predicted molar refractivity (Wildman–Crippen MR) is 106 cm³/mol. The van der Waals surface area contributed by atoms with Crippen molar-refractivity contribution in [3.05, 3.63) is 34.0 Å². The van der Waals surface area contributed by atoms with E-state index in [1.54, 1.807) is 33.0 Å². The van der Waals surface area contributed by atoms with Crippen LogP contribution in [0.15, 0.2) is 12.3 Å². The molecule has 0 aliphatic rings. The molecule has 2 heterocycles. The van der Waals surface area contributed by atoms with Crippen molar-refractivity contribution in [1.29, 1.82) is 0 Å². The van der Waals surface area contributed by atoms with E-state index >= 15 is 0 Å². The molecule has 0 fully saturated rings. The quantitative estimate of drug-likeness (QED) is 0.672. The Bertz CT molecular complexity index is 871. The molecule has 0 aliphatic heterocycles. The molecule has 0 saturated heterocycles. The lowest BCUT2D eigenvalue weighted by Gasteiger charge is -2.13. The highest BCUT2D eigenvalue weighted by molar-refractivity contribution is 7.18. The number of nitrogens with one attached hydrogen (secondary N) is 1. The molecule has 1 N–H and O–H groups in total. The van der Waals surface area contributed by atoms with E-state index in [2.05, 4.69) is 10.4 Å². The summed E-state index contributed by atoms with van der Waals surface area (Å²) in [6, 6.07) is 1.20. The van der Waals surface area contributed by atoms with Crippen LogP contribution in [0.1, 0.15) is 64.5 Å². The topological polar surface area (TPSA) is 99.5 Å². The summed E-state index contributed by atoms with van der Waals surface area (Å²) in [5.41, 5.74) is 1.40. The van der Waals surface area contributed by atoms with E-state index in [-0.39, 0.29) is 34.6 Å². The first-order valence-electron chi connectivity index (χ1n) is 9.10. The maximum atomic E-state index is 12.7. The molecule has 0 bridgehead atoms. The zero-order valence-electron chi connectivity index (χ0n) is 16.7. The Morgan fingerprint density at radius 1 is 1.21 bits per heavy atom. The molecule has 0 radical (unpaired) electrons. The van der Waals surface area contributed by atoms with Gasteiger partial charge >= 0.3 is 11.9 Å². The Balaban J connectivity index is 2.34. The number of ether oxygens (including phenoxy) is 2. The van der Waals surface area contributed by atoms with Crippen LogP contribution in [-0.4, -0.2) is 40.8 Å². The first-order valence-corrected chi connectivity index (χ1v) is 9.91. The number of hydrogen-bond acceptors (Lipinski definition) is 7. The van der Waals surface area contributed by atoms with Gasteiger partial charge in [0.25, 0.3) is 0 Å². The van der Waals surface area contributed by atoms with Crippen LogP contribution < -0.4 is 5.32 Å². The number of aromatic nitrogens is 2. The third-order valence-corrected chi connectivity index (χ3v) is 5.19. The normalized spacial score (nSPS) is 11.8. The monoisotopic (exact) mass is 407 g/mol. The summed E-state index contributed by atoms with van der Waals surface area (Å²) in [7, 11) is 0. The fourth-order valence-corrected chi connectivity index (χ4v) is 3.58. The second-order valence-corrected chi connectivity index (χ2v) is 7.24. The Morgan fingerprint density at radius 2 is 1.93 bits per heavy atom. The van der Waals surface area contributed by atoms with Crippen LogP contribution in [0.3, 0.4) is 0 Å². The van der Waals surface area contributed by atoms with Crippen molar-refractivity contribution in [3.8, 4) is 0 Å². The molecule has 8 nitrogen and oxygen atoms in total. The number of thiophene rings is 1. The lowest BCUT2D eigenvalue weighted by Crippen LogP contribution is -2.24. The Kier molecular flexibility index (Phi) is 7.33. The summed E-state index contributed by atoms with van der Waals surface area (Å²) in [5.74, 6) is -1.47. The largest absolute Gasteiger partial charge is 0.462 e. The number of aryl methyl sites for hydroxylation is 1. The molecule has 0 spiro atoms. The van der Waals surface area contributed by atoms with Crippen LogP contribution in [0, 0.1) is 13.8 Å². The van der Waals surface area contributed by atoms with Gasteiger partial charge in [-0.1, -0.05) is 6.92 Å². The summed E-state index contributed by atoms with van der Waals surface area (Å²) in [6.07, 6.45) is 2.37. The number of carbonyl (C=O) groups is 3. The lowest BCUT2D eigenvalue weighted by molar-refractivity contribution is -0.119. The van der Waals surface area contributed by atoms with Gasteiger partial charge in [0.05, 0.1) is 24.5 Å². The molecule has 152 valence electrons. The number of amides is 1. The van der Waals surface area contributed by atoms with Crippen molar-refractivity contribution < 1.29 is 23.9 Å². The maximum Gasteiger partial charge on any atom is 0.348 e. The Morgan fingerprint density at radius 3 is 2.50 bits per heavy atom. The summed E-state index contributed by atoms with van der Waals surface area (Å²) < 4.78 is 11.8. The molecule has 1 amide bonds. The van der Waals surface area contributed by atoms with Crippen LogP contribution >= 0.6 is 11.3 Å². The van der Waals surface area contributed by atoms with Crippen LogP contribution in [-0.2, 0) is 14.3 Å². The van der Waals surface area contributed by atoms with Crippen molar-refractivity contribution in [2.75, 3.05) is 18.5 Å². The third kappa shape index (κ3) is 4.78. The Hall–Kier alpha value is -2.68. The minimum atomic E-state index is -0.596. The second kappa shape index (κ2) is 9.50. The molecule has 0 saturated carbocycles. The first-order chi connectivity index (χ1) is 13.3. The SMILES string of the molecule is CCCOC(=O)c1c(NC(=O)C(C)n2ccc(C)n2)sc(C(=O)OCC)c1C.